The second-order valence-electron chi connectivity index (χ2n) is 4.81. The highest BCUT2D eigenvalue weighted by Gasteiger charge is 2.32. The summed E-state index contributed by atoms with van der Waals surface area (Å²) in [6.45, 7) is 1.91. The number of aliphatic hydroxyl groups excluding tert-OH is 1. The first-order chi connectivity index (χ1) is 9.36. The summed E-state index contributed by atoms with van der Waals surface area (Å²) in [6.07, 6.45) is 0.0621. The fourth-order valence-corrected chi connectivity index (χ4v) is 2.13. The molecule has 1 aliphatic rings. The van der Waals surface area contributed by atoms with Gasteiger partial charge in [-0.05, 0) is 19.8 Å². The minimum absolute atomic E-state index is 0.185. The number of carboxylic acid groups (broad SMARTS) is 1. The molecule has 3 N–H and O–H groups in total. The first-order valence-electron chi connectivity index (χ1n) is 6.41. The first kappa shape index (κ1) is 16.2. The van der Waals surface area contributed by atoms with Crippen LogP contribution in [0.25, 0.3) is 0 Å². The van der Waals surface area contributed by atoms with Crippen LogP contribution >= 0.6 is 0 Å². The molecule has 20 heavy (non-hydrogen) atoms. The van der Waals surface area contributed by atoms with Crippen molar-refractivity contribution in [2.75, 3.05) is 20.2 Å². The summed E-state index contributed by atoms with van der Waals surface area (Å²) >= 11 is 0. The van der Waals surface area contributed by atoms with Crippen LogP contribution in [0.5, 0.6) is 0 Å². The Morgan fingerprint density at radius 1 is 1.40 bits per heavy atom. The Kier molecular flexibility index (Phi) is 5.75. The largest absolute Gasteiger partial charge is 0.480 e. The molecular formula is C12H20N2O6. The number of urea groups is 1. The lowest BCUT2D eigenvalue weighted by molar-refractivity contribution is -0.147. The third kappa shape index (κ3) is 4.09. The Hall–Kier alpha value is -1.83. The molecule has 1 fully saturated rings. The van der Waals surface area contributed by atoms with Gasteiger partial charge < -0.3 is 25.2 Å². The minimum Gasteiger partial charge on any atom is -0.480 e. The first-order valence-corrected chi connectivity index (χ1v) is 6.41. The highest BCUT2D eigenvalue weighted by atomic mass is 16.5. The smallest absolute Gasteiger partial charge is 0.328 e. The lowest BCUT2D eigenvalue weighted by Gasteiger charge is -2.32. The number of piperidine rings is 1. The van der Waals surface area contributed by atoms with Crippen LogP contribution in [0.2, 0.25) is 0 Å². The van der Waals surface area contributed by atoms with E-state index in [0.717, 1.165) is 0 Å². The van der Waals surface area contributed by atoms with Crippen molar-refractivity contribution in [2.45, 2.75) is 31.9 Å². The van der Waals surface area contributed by atoms with E-state index in [2.05, 4.69) is 10.1 Å². The van der Waals surface area contributed by atoms with Crippen LogP contribution in [0.1, 0.15) is 19.8 Å². The summed E-state index contributed by atoms with van der Waals surface area (Å²) in [4.78, 5) is 35.7. The van der Waals surface area contributed by atoms with Crippen molar-refractivity contribution < 1.29 is 29.3 Å². The Morgan fingerprint density at radius 3 is 2.55 bits per heavy atom. The standard InChI is InChI=1S/C12H20N2O6/c1-7(15)9(10(16)17)13-12(19)14-5-3-4-8(6-14)11(18)20-2/h7-9,15H,3-6H2,1-2H3,(H,13,19)(H,16,17). The van der Waals surface area contributed by atoms with Gasteiger partial charge in [0.15, 0.2) is 6.04 Å². The molecule has 0 bridgehead atoms. The topological polar surface area (TPSA) is 116 Å². The highest BCUT2D eigenvalue weighted by Crippen LogP contribution is 2.17. The fourth-order valence-electron chi connectivity index (χ4n) is 2.13. The molecule has 0 spiro atoms. The lowest BCUT2D eigenvalue weighted by atomic mass is 9.98. The summed E-state index contributed by atoms with van der Waals surface area (Å²) in [5.41, 5.74) is 0. The number of carbonyl (C=O) groups is 3. The molecule has 8 heteroatoms. The van der Waals surface area contributed by atoms with Crippen molar-refractivity contribution in [3.05, 3.63) is 0 Å². The number of rotatable bonds is 4. The van der Waals surface area contributed by atoms with Gasteiger partial charge in [-0.25, -0.2) is 9.59 Å². The Labute approximate surface area is 116 Å². The van der Waals surface area contributed by atoms with Crippen LogP contribution in [-0.2, 0) is 14.3 Å². The molecule has 1 saturated heterocycles. The number of aliphatic carboxylic acids is 1. The number of carbonyl (C=O) groups excluding carboxylic acids is 2. The molecule has 0 aromatic carbocycles. The van der Waals surface area contributed by atoms with E-state index in [1.807, 2.05) is 0 Å². The molecule has 0 saturated carbocycles. The van der Waals surface area contributed by atoms with Gasteiger partial charge in [-0.15, -0.1) is 0 Å². The number of hydrogen-bond donors (Lipinski definition) is 3. The molecule has 3 atom stereocenters. The monoisotopic (exact) mass is 288 g/mol. The minimum atomic E-state index is -1.37. The van der Waals surface area contributed by atoms with Gasteiger partial charge in [0.25, 0.3) is 0 Å². The molecule has 0 aliphatic carbocycles. The number of carboxylic acids is 1. The maximum Gasteiger partial charge on any atom is 0.328 e. The van der Waals surface area contributed by atoms with E-state index in [0.29, 0.717) is 19.4 Å². The molecule has 3 unspecified atom stereocenters. The number of methoxy groups -OCH3 is 1. The Balaban J connectivity index is 2.62. The van der Waals surface area contributed by atoms with E-state index in [1.54, 1.807) is 0 Å². The zero-order valence-electron chi connectivity index (χ0n) is 11.5. The van der Waals surface area contributed by atoms with Gasteiger partial charge in [0.05, 0.1) is 19.1 Å². The van der Waals surface area contributed by atoms with Crippen molar-refractivity contribution in [1.82, 2.24) is 10.2 Å². The van der Waals surface area contributed by atoms with Crippen LogP contribution in [0.15, 0.2) is 0 Å². The maximum absolute atomic E-state index is 12.0. The van der Waals surface area contributed by atoms with Gasteiger partial charge in [-0.2, -0.15) is 0 Å². The zero-order valence-corrected chi connectivity index (χ0v) is 11.5. The van der Waals surface area contributed by atoms with E-state index in [1.165, 1.54) is 18.9 Å². The lowest BCUT2D eigenvalue weighted by Crippen LogP contribution is -2.54. The number of likely N-dealkylation sites (tertiary alicyclic amines) is 1. The third-order valence-corrected chi connectivity index (χ3v) is 3.27. The average molecular weight is 288 g/mol. The second-order valence-corrected chi connectivity index (χ2v) is 4.81. The van der Waals surface area contributed by atoms with Crippen LogP contribution in [0.3, 0.4) is 0 Å². The van der Waals surface area contributed by atoms with Crippen LogP contribution in [0.4, 0.5) is 4.79 Å². The molecule has 0 radical (unpaired) electrons. The Bertz CT molecular complexity index is 384. The number of nitrogens with one attached hydrogen (secondary N) is 1. The normalized spacial score (nSPS) is 21.8. The summed E-state index contributed by atoms with van der Waals surface area (Å²) in [7, 11) is 1.29. The predicted molar refractivity (Wildman–Crippen MR) is 67.9 cm³/mol. The van der Waals surface area contributed by atoms with Crippen LogP contribution in [-0.4, -0.2) is 65.4 Å². The number of esters is 1. The molecule has 1 rings (SSSR count). The highest BCUT2D eigenvalue weighted by molar-refractivity contribution is 5.83. The van der Waals surface area contributed by atoms with Crippen molar-refractivity contribution >= 4 is 18.0 Å². The maximum atomic E-state index is 12.0. The second kappa shape index (κ2) is 7.09. The van der Waals surface area contributed by atoms with Gasteiger partial charge >= 0.3 is 18.0 Å². The van der Waals surface area contributed by atoms with Crippen LogP contribution < -0.4 is 5.32 Å². The summed E-state index contributed by atoms with van der Waals surface area (Å²) in [6, 6.07) is -1.98. The van der Waals surface area contributed by atoms with E-state index in [4.69, 9.17) is 5.11 Å². The van der Waals surface area contributed by atoms with Crippen molar-refractivity contribution in [2.24, 2.45) is 5.92 Å². The van der Waals surface area contributed by atoms with Crippen molar-refractivity contribution in [3.8, 4) is 0 Å². The number of nitrogens with zero attached hydrogens (tertiary/aromatic N) is 1. The summed E-state index contributed by atoms with van der Waals surface area (Å²) in [5.74, 6) is -2.09. The summed E-state index contributed by atoms with van der Waals surface area (Å²) in [5, 5.41) is 20.5. The van der Waals surface area contributed by atoms with E-state index in [-0.39, 0.29) is 12.5 Å². The molecule has 1 heterocycles. The van der Waals surface area contributed by atoms with E-state index in [9.17, 15) is 19.5 Å². The zero-order chi connectivity index (χ0) is 15.3. The average Bonchev–Trinajstić information content (AvgIpc) is 2.42. The van der Waals surface area contributed by atoms with E-state index < -0.39 is 30.1 Å². The number of ether oxygens (including phenoxy) is 1. The molecule has 1 aliphatic heterocycles. The molecule has 114 valence electrons. The molecule has 8 nitrogen and oxygen atoms in total. The molecule has 0 aromatic heterocycles. The van der Waals surface area contributed by atoms with Gasteiger partial charge in [0, 0.05) is 13.1 Å². The molecule has 2 amide bonds. The SMILES string of the molecule is COC(=O)C1CCCN(C(=O)NC(C(=O)O)C(C)O)C1. The summed E-state index contributed by atoms with van der Waals surface area (Å²) < 4.78 is 4.64. The van der Waals surface area contributed by atoms with Crippen LogP contribution in [0, 0.1) is 5.92 Å². The van der Waals surface area contributed by atoms with Gasteiger partial charge in [0.2, 0.25) is 0 Å². The van der Waals surface area contributed by atoms with Gasteiger partial charge in [-0.1, -0.05) is 0 Å². The van der Waals surface area contributed by atoms with Crippen molar-refractivity contribution in [3.63, 3.8) is 0 Å². The fraction of sp³-hybridized carbons (Fsp3) is 0.750. The van der Waals surface area contributed by atoms with E-state index >= 15 is 0 Å². The molecular weight excluding hydrogens is 268 g/mol. The molecule has 0 aromatic rings. The van der Waals surface area contributed by atoms with Gasteiger partial charge in [-0.3, -0.25) is 4.79 Å². The number of amides is 2. The quantitative estimate of drug-likeness (QED) is 0.596. The Morgan fingerprint density at radius 2 is 2.05 bits per heavy atom. The van der Waals surface area contributed by atoms with Crippen molar-refractivity contribution in [1.29, 1.82) is 0 Å². The number of aliphatic hydroxyl groups is 1. The van der Waals surface area contributed by atoms with Gasteiger partial charge in [0.1, 0.15) is 0 Å². The third-order valence-electron chi connectivity index (χ3n) is 3.27. The number of hydrogen-bond acceptors (Lipinski definition) is 5. The predicted octanol–water partition coefficient (Wildman–Crippen LogP) is -0.585.